The van der Waals surface area contributed by atoms with Crippen LogP contribution in [0.4, 0.5) is 0 Å². The zero-order valence-electron chi connectivity index (χ0n) is 9.83. The summed E-state index contributed by atoms with van der Waals surface area (Å²) in [5, 5.41) is 7.24. The van der Waals surface area contributed by atoms with Crippen LogP contribution in [0.3, 0.4) is 0 Å². The van der Waals surface area contributed by atoms with Gasteiger partial charge in [-0.2, -0.15) is 0 Å². The van der Waals surface area contributed by atoms with E-state index in [0.717, 1.165) is 40.3 Å². The first-order valence-corrected chi connectivity index (χ1v) is 6.19. The topological polar surface area (TPSA) is 51.0 Å². The lowest BCUT2D eigenvalue weighted by atomic mass is 10.2. The number of halogens is 1. The number of nitrogens with one attached hydrogen (secondary N) is 1. The molecular weight excluding hydrogens is 282 g/mol. The molecule has 0 aliphatic rings. The number of rotatable bonds is 4. The highest BCUT2D eigenvalue weighted by Crippen LogP contribution is 2.12. The Hall–Kier alpha value is -1.20. The minimum atomic E-state index is 0.733. The molecule has 2 aromatic heterocycles. The Balaban J connectivity index is 1.90. The predicted octanol–water partition coefficient (Wildman–Crippen LogP) is 2.74. The van der Waals surface area contributed by atoms with E-state index in [1.807, 2.05) is 26.0 Å². The van der Waals surface area contributed by atoms with E-state index >= 15 is 0 Å². The number of nitrogens with zero attached hydrogens (tertiary/aromatic N) is 2. The predicted molar refractivity (Wildman–Crippen MR) is 68.5 cm³/mol. The van der Waals surface area contributed by atoms with Gasteiger partial charge in [0.2, 0.25) is 0 Å². The Kier molecular flexibility index (Phi) is 3.91. The highest BCUT2D eigenvalue weighted by molar-refractivity contribution is 9.10. The average molecular weight is 296 g/mol. The smallest absolute Gasteiger partial charge is 0.138 e. The maximum Gasteiger partial charge on any atom is 0.138 e. The first-order chi connectivity index (χ1) is 8.16. The third kappa shape index (κ3) is 3.14. The van der Waals surface area contributed by atoms with Gasteiger partial charge in [-0.1, -0.05) is 5.16 Å². The van der Waals surface area contributed by atoms with Crippen molar-refractivity contribution in [3.05, 3.63) is 45.5 Å². The van der Waals surface area contributed by atoms with Crippen molar-refractivity contribution >= 4 is 15.9 Å². The van der Waals surface area contributed by atoms with Crippen LogP contribution in [0.1, 0.15) is 22.7 Å². The molecule has 0 aliphatic heterocycles. The van der Waals surface area contributed by atoms with Gasteiger partial charge in [0.15, 0.2) is 0 Å². The van der Waals surface area contributed by atoms with E-state index in [2.05, 4.69) is 31.4 Å². The van der Waals surface area contributed by atoms with Crippen molar-refractivity contribution in [2.75, 3.05) is 0 Å². The molecule has 0 saturated heterocycles. The molecule has 4 nitrogen and oxygen atoms in total. The fraction of sp³-hybridized carbons (Fsp3) is 0.333. The van der Waals surface area contributed by atoms with E-state index in [4.69, 9.17) is 4.52 Å². The largest absolute Gasteiger partial charge is 0.361 e. The Labute approximate surface area is 109 Å². The molecule has 0 aliphatic carbocycles. The van der Waals surface area contributed by atoms with Gasteiger partial charge in [0.25, 0.3) is 0 Å². The van der Waals surface area contributed by atoms with Crippen molar-refractivity contribution in [3.63, 3.8) is 0 Å². The van der Waals surface area contributed by atoms with Gasteiger partial charge in [-0.05, 0) is 41.9 Å². The maximum absolute atomic E-state index is 5.10. The third-order valence-corrected chi connectivity index (χ3v) is 3.05. The molecule has 2 aromatic rings. The monoisotopic (exact) mass is 295 g/mol. The molecule has 1 N–H and O–H groups in total. The van der Waals surface area contributed by atoms with E-state index in [0.29, 0.717) is 0 Å². The van der Waals surface area contributed by atoms with E-state index < -0.39 is 0 Å². The van der Waals surface area contributed by atoms with Gasteiger partial charge in [-0.3, -0.25) is 4.98 Å². The summed E-state index contributed by atoms with van der Waals surface area (Å²) in [4.78, 5) is 4.29. The van der Waals surface area contributed by atoms with Crippen LogP contribution in [0.5, 0.6) is 0 Å². The van der Waals surface area contributed by atoms with Crippen LogP contribution in [0, 0.1) is 13.8 Å². The number of pyridine rings is 1. The van der Waals surface area contributed by atoms with Crippen LogP contribution in [-0.2, 0) is 13.1 Å². The van der Waals surface area contributed by atoms with E-state index in [-0.39, 0.29) is 0 Å². The molecular formula is C12H14BrN3O. The minimum Gasteiger partial charge on any atom is -0.361 e. The van der Waals surface area contributed by atoms with Crippen molar-refractivity contribution in [2.24, 2.45) is 0 Å². The number of hydrogen-bond donors (Lipinski definition) is 1. The molecule has 2 heterocycles. The number of aromatic nitrogens is 2. The number of hydrogen-bond acceptors (Lipinski definition) is 4. The van der Waals surface area contributed by atoms with E-state index in [1.165, 1.54) is 0 Å². The Morgan fingerprint density at radius 2 is 2.12 bits per heavy atom. The molecule has 5 heteroatoms. The lowest BCUT2D eigenvalue weighted by Gasteiger charge is -2.04. The van der Waals surface area contributed by atoms with Gasteiger partial charge in [0.05, 0.1) is 11.4 Å². The summed E-state index contributed by atoms with van der Waals surface area (Å²) in [5.74, 6) is 0.874. The molecule has 17 heavy (non-hydrogen) atoms. The molecule has 0 unspecified atom stereocenters. The average Bonchev–Trinajstić information content (AvgIpc) is 2.63. The first-order valence-electron chi connectivity index (χ1n) is 5.39. The first kappa shape index (κ1) is 12.3. The minimum absolute atomic E-state index is 0.733. The zero-order valence-corrected chi connectivity index (χ0v) is 11.4. The van der Waals surface area contributed by atoms with Crippen molar-refractivity contribution in [1.82, 2.24) is 15.5 Å². The molecule has 2 rings (SSSR count). The van der Waals surface area contributed by atoms with Gasteiger partial charge < -0.3 is 9.84 Å². The zero-order chi connectivity index (χ0) is 12.3. The molecule has 0 bridgehead atoms. The summed E-state index contributed by atoms with van der Waals surface area (Å²) in [6.07, 6.45) is 1.80. The van der Waals surface area contributed by atoms with Gasteiger partial charge in [-0.15, -0.1) is 0 Å². The van der Waals surface area contributed by atoms with Crippen LogP contribution in [-0.4, -0.2) is 10.1 Å². The molecule has 0 radical (unpaired) electrons. The molecule has 0 atom stereocenters. The Bertz CT molecular complexity index is 473. The summed E-state index contributed by atoms with van der Waals surface area (Å²) in [5.41, 5.74) is 3.08. The lowest BCUT2D eigenvalue weighted by molar-refractivity contribution is 0.392. The highest BCUT2D eigenvalue weighted by atomic mass is 79.9. The van der Waals surface area contributed by atoms with Gasteiger partial charge in [0, 0.05) is 29.3 Å². The van der Waals surface area contributed by atoms with Crippen molar-refractivity contribution in [1.29, 1.82) is 0 Å². The molecule has 90 valence electrons. The van der Waals surface area contributed by atoms with Crippen molar-refractivity contribution in [3.8, 4) is 0 Å². The summed E-state index contributed by atoms with van der Waals surface area (Å²) in [7, 11) is 0. The fourth-order valence-electron chi connectivity index (χ4n) is 1.58. The molecule has 0 aromatic carbocycles. The molecule has 0 fully saturated rings. The Morgan fingerprint density at radius 1 is 1.29 bits per heavy atom. The van der Waals surface area contributed by atoms with Crippen molar-refractivity contribution < 1.29 is 4.52 Å². The van der Waals surface area contributed by atoms with Crippen LogP contribution in [0.2, 0.25) is 0 Å². The fourth-order valence-corrected chi connectivity index (χ4v) is 1.82. The summed E-state index contributed by atoms with van der Waals surface area (Å²) >= 11 is 3.36. The van der Waals surface area contributed by atoms with Crippen LogP contribution >= 0.6 is 15.9 Å². The molecule has 0 spiro atoms. The number of aryl methyl sites for hydroxylation is 2. The summed E-state index contributed by atoms with van der Waals surface area (Å²) in [6.45, 7) is 5.36. The lowest BCUT2D eigenvalue weighted by Crippen LogP contribution is -2.14. The Morgan fingerprint density at radius 3 is 2.71 bits per heavy atom. The standard InChI is InChI=1S/C12H14BrN3O/c1-8-12(9(2)17-16-8)7-14-6-11-4-3-10(13)5-15-11/h3-5,14H,6-7H2,1-2H3. The second kappa shape index (κ2) is 5.42. The third-order valence-electron chi connectivity index (χ3n) is 2.58. The van der Waals surface area contributed by atoms with E-state index in [9.17, 15) is 0 Å². The second-order valence-electron chi connectivity index (χ2n) is 3.87. The SMILES string of the molecule is Cc1noc(C)c1CNCc1ccc(Br)cn1. The van der Waals surface area contributed by atoms with Crippen LogP contribution in [0.15, 0.2) is 27.3 Å². The summed E-state index contributed by atoms with van der Waals surface area (Å²) < 4.78 is 6.09. The van der Waals surface area contributed by atoms with Gasteiger partial charge in [0.1, 0.15) is 5.76 Å². The van der Waals surface area contributed by atoms with E-state index in [1.54, 1.807) is 6.20 Å². The molecule has 0 amide bonds. The van der Waals surface area contributed by atoms with Crippen LogP contribution in [0.25, 0.3) is 0 Å². The van der Waals surface area contributed by atoms with Crippen LogP contribution < -0.4 is 5.32 Å². The highest BCUT2D eigenvalue weighted by Gasteiger charge is 2.07. The quantitative estimate of drug-likeness (QED) is 0.942. The maximum atomic E-state index is 5.10. The normalized spacial score (nSPS) is 10.8. The summed E-state index contributed by atoms with van der Waals surface area (Å²) in [6, 6.07) is 3.98. The van der Waals surface area contributed by atoms with Gasteiger partial charge >= 0.3 is 0 Å². The van der Waals surface area contributed by atoms with Gasteiger partial charge in [-0.25, -0.2) is 0 Å². The second-order valence-corrected chi connectivity index (χ2v) is 4.79. The van der Waals surface area contributed by atoms with Crippen molar-refractivity contribution in [2.45, 2.75) is 26.9 Å². The molecule has 0 saturated carbocycles.